The van der Waals surface area contributed by atoms with Gasteiger partial charge in [0, 0.05) is 5.56 Å². The van der Waals surface area contributed by atoms with E-state index in [9.17, 15) is 19.5 Å². The lowest BCUT2D eigenvalue weighted by molar-refractivity contribution is -0.876. The Labute approximate surface area is 127 Å². The van der Waals surface area contributed by atoms with E-state index in [1.165, 1.54) is 0 Å². The van der Waals surface area contributed by atoms with Crippen molar-refractivity contribution in [3.05, 3.63) is 34.9 Å². The van der Waals surface area contributed by atoms with Gasteiger partial charge in [-0.05, 0) is 24.0 Å². The van der Waals surface area contributed by atoms with Crippen molar-refractivity contribution >= 4 is 7.60 Å². The Hall–Kier alpha value is -0.710. The van der Waals surface area contributed by atoms with Gasteiger partial charge in [0.15, 0.2) is 0 Å². The van der Waals surface area contributed by atoms with E-state index in [2.05, 4.69) is 0 Å². The summed E-state index contributed by atoms with van der Waals surface area (Å²) in [6.07, 6.45) is 0. The Kier molecular flexibility index (Phi) is 5.09. The standard InChI is InChI=1S/C15H26NO4P/c1-11(2)13-8-7-12(3)14(9-13)15(17,21(18,19)20)10-16(4,5)6/h7-9,11,17H,10H2,1-6H3,(H-,18,19,20)/p+1. The fraction of sp³-hybridized carbons (Fsp3) is 0.600. The zero-order valence-electron chi connectivity index (χ0n) is 13.7. The third-order valence-electron chi connectivity index (χ3n) is 3.54. The molecule has 0 radical (unpaired) electrons. The number of aryl methyl sites for hydroxylation is 1. The highest BCUT2D eigenvalue weighted by Gasteiger charge is 2.51. The highest BCUT2D eigenvalue weighted by Crippen LogP contribution is 2.56. The SMILES string of the molecule is Cc1ccc(C(C)C)cc1C(O)(C[N+](C)(C)C)P(=O)(O)O. The van der Waals surface area contributed by atoms with Gasteiger partial charge in [-0.2, -0.15) is 0 Å². The normalized spacial score (nSPS) is 16.1. The number of hydrogen-bond acceptors (Lipinski definition) is 2. The summed E-state index contributed by atoms with van der Waals surface area (Å²) in [7, 11) is 0.639. The molecule has 0 aliphatic rings. The van der Waals surface area contributed by atoms with Crippen molar-refractivity contribution in [2.24, 2.45) is 0 Å². The number of benzene rings is 1. The molecular formula is C15H27NO4P+. The van der Waals surface area contributed by atoms with E-state index in [0.717, 1.165) is 5.56 Å². The first-order valence-electron chi connectivity index (χ1n) is 6.97. The number of quaternary nitrogens is 1. The van der Waals surface area contributed by atoms with E-state index in [1.54, 1.807) is 40.2 Å². The number of rotatable bonds is 5. The average Bonchev–Trinajstić information content (AvgIpc) is 2.24. The van der Waals surface area contributed by atoms with Crippen molar-refractivity contribution < 1.29 is 23.9 Å². The zero-order chi connectivity index (χ0) is 16.6. The molecule has 1 aromatic carbocycles. The minimum Gasteiger partial charge on any atom is -0.369 e. The molecule has 0 fully saturated rings. The van der Waals surface area contributed by atoms with Gasteiger partial charge in [0.25, 0.3) is 0 Å². The summed E-state index contributed by atoms with van der Waals surface area (Å²) in [6.45, 7) is 5.70. The van der Waals surface area contributed by atoms with Gasteiger partial charge >= 0.3 is 7.60 Å². The van der Waals surface area contributed by atoms with Crippen molar-refractivity contribution in [1.82, 2.24) is 0 Å². The smallest absolute Gasteiger partial charge is 0.367 e. The molecule has 0 spiro atoms. The molecule has 3 N–H and O–H groups in total. The molecule has 0 aliphatic carbocycles. The Morgan fingerprint density at radius 2 is 1.76 bits per heavy atom. The van der Waals surface area contributed by atoms with Crippen LogP contribution in [-0.4, -0.2) is 47.1 Å². The van der Waals surface area contributed by atoms with E-state index >= 15 is 0 Å². The summed E-state index contributed by atoms with van der Waals surface area (Å²) in [6, 6.07) is 5.45. The topological polar surface area (TPSA) is 77.8 Å². The molecular weight excluding hydrogens is 289 g/mol. The van der Waals surface area contributed by atoms with Gasteiger partial charge in [0.1, 0.15) is 6.54 Å². The fourth-order valence-electron chi connectivity index (χ4n) is 2.43. The van der Waals surface area contributed by atoms with Crippen LogP contribution in [0.4, 0.5) is 0 Å². The van der Waals surface area contributed by atoms with Crippen molar-refractivity contribution in [2.45, 2.75) is 32.0 Å². The second-order valence-electron chi connectivity index (χ2n) is 7.04. The molecule has 0 saturated carbocycles. The lowest BCUT2D eigenvalue weighted by Crippen LogP contribution is -2.47. The molecule has 120 valence electrons. The van der Waals surface area contributed by atoms with Crippen molar-refractivity contribution in [2.75, 3.05) is 27.7 Å². The van der Waals surface area contributed by atoms with Crippen LogP contribution in [0.3, 0.4) is 0 Å². The minimum atomic E-state index is -4.74. The summed E-state index contributed by atoms with van der Waals surface area (Å²) in [4.78, 5) is 19.5. The third kappa shape index (κ3) is 4.15. The highest BCUT2D eigenvalue weighted by molar-refractivity contribution is 7.52. The molecule has 0 saturated heterocycles. The van der Waals surface area contributed by atoms with Crippen LogP contribution < -0.4 is 0 Å². The monoisotopic (exact) mass is 316 g/mol. The van der Waals surface area contributed by atoms with Crippen LogP contribution in [0.15, 0.2) is 18.2 Å². The predicted molar refractivity (Wildman–Crippen MR) is 84.1 cm³/mol. The summed E-state index contributed by atoms with van der Waals surface area (Å²) >= 11 is 0. The molecule has 0 aromatic heterocycles. The zero-order valence-corrected chi connectivity index (χ0v) is 14.6. The Morgan fingerprint density at radius 1 is 1.24 bits per heavy atom. The van der Waals surface area contributed by atoms with Gasteiger partial charge < -0.3 is 19.4 Å². The molecule has 0 amide bonds. The summed E-state index contributed by atoms with van der Waals surface area (Å²) in [5, 5.41) is 8.68. The van der Waals surface area contributed by atoms with E-state index in [4.69, 9.17) is 0 Å². The van der Waals surface area contributed by atoms with Crippen LogP contribution >= 0.6 is 7.60 Å². The van der Waals surface area contributed by atoms with Gasteiger partial charge in [-0.3, -0.25) is 4.57 Å². The molecule has 1 rings (SSSR count). The van der Waals surface area contributed by atoms with Gasteiger partial charge in [0.05, 0.1) is 21.1 Å². The first-order chi connectivity index (χ1) is 9.28. The first-order valence-corrected chi connectivity index (χ1v) is 8.58. The average molecular weight is 316 g/mol. The second kappa shape index (κ2) is 5.82. The van der Waals surface area contributed by atoms with Gasteiger partial charge in [-0.25, -0.2) is 0 Å². The van der Waals surface area contributed by atoms with Crippen LogP contribution in [0, 0.1) is 6.92 Å². The quantitative estimate of drug-likeness (QED) is 0.574. The fourth-order valence-corrected chi connectivity index (χ4v) is 3.59. The van der Waals surface area contributed by atoms with Crippen molar-refractivity contribution in [3.8, 4) is 0 Å². The van der Waals surface area contributed by atoms with Gasteiger partial charge in [0.2, 0.25) is 5.34 Å². The predicted octanol–water partition coefficient (Wildman–Crippen LogP) is 2.15. The van der Waals surface area contributed by atoms with Crippen molar-refractivity contribution in [3.63, 3.8) is 0 Å². The molecule has 1 unspecified atom stereocenters. The summed E-state index contributed by atoms with van der Waals surface area (Å²) < 4.78 is 12.2. The summed E-state index contributed by atoms with van der Waals surface area (Å²) in [5.41, 5.74) is 1.94. The van der Waals surface area contributed by atoms with Crippen molar-refractivity contribution in [1.29, 1.82) is 0 Å². The van der Waals surface area contributed by atoms with Gasteiger partial charge in [-0.15, -0.1) is 0 Å². The molecule has 1 aromatic rings. The van der Waals surface area contributed by atoms with E-state index in [0.29, 0.717) is 11.1 Å². The van der Waals surface area contributed by atoms with E-state index < -0.39 is 12.9 Å². The number of hydrogen-bond donors (Lipinski definition) is 3. The Morgan fingerprint density at radius 3 is 2.14 bits per heavy atom. The van der Waals surface area contributed by atoms with Crippen LogP contribution in [0.2, 0.25) is 0 Å². The van der Waals surface area contributed by atoms with Crippen LogP contribution in [0.25, 0.3) is 0 Å². The minimum absolute atomic E-state index is 0.0698. The summed E-state index contributed by atoms with van der Waals surface area (Å²) in [5.74, 6) is 0.217. The molecule has 0 bridgehead atoms. The molecule has 1 atom stereocenters. The van der Waals surface area contributed by atoms with E-state index in [1.807, 2.05) is 19.9 Å². The lowest BCUT2D eigenvalue weighted by atomic mass is 9.94. The highest BCUT2D eigenvalue weighted by atomic mass is 31.2. The molecule has 5 nitrogen and oxygen atoms in total. The Bertz CT molecular complexity index is 559. The van der Waals surface area contributed by atoms with Crippen LogP contribution in [0.1, 0.15) is 36.5 Å². The molecule has 0 heterocycles. The number of aliphatic hydroxyl groups is 1. The van der Waals surface area contributed by atoms with Gasteiger partial charge in [-0.1, -0.05) is 32.0 Å². The second-order valence-corrected chi connectivity index (χ2v) is 8.87. The molecule has 21 heavy (non-hydrogen) atoms. The number of likely N-dealkylation sites (N-methyl/N-ethyl adjacent to an activating group) is 1. The lowest BCUT2D eigenvalue weighted by Gasteiger charge is -2.37. The largest absolute Gasteiger partial charge is 0.369 e. The maximum Gasteiger partial charge on any atom is 0.367 e. The number of nitrogens with zero attached hydrogens (tertiary/aromatic N) is 1. The first kappa shape index (κ1) is 18.3. The molecule has 6 heteroatoms. The molecule has 0 aliphatic heterocycles. The Balaban J connectivity index is 3.54. The van der Waals surface area contributed by atoms with Crippen LogP contribution in [-0.2, 0) is 9.91 Å². The van der Waals surface area contributed by atoms with Crippen LogP contribution in [0.5, 0.6) is 0 Å². The van der Waals surface area contributed by atoms with E-state index in [-0.39, 0.29) is 16.9 Å². The maximum absolute atomic E-state index is 12.0. The third-order valence-corrected chi connectivity index (χ3v) is 4.88. The maximum atomic E-state index is 12.0.